The van der Waals surface area contributed by atoms with Crippen LogP contribution < -0.4 is 5.32 Å². The third-order valence-corrected chi connectivity index (χ3v) is 3.34. The third kappa shape index (κ3) is 5.78. The minimum Gasteiger partial charge on any atom is -0.444 e. The van der Waals surface area contributed by atoms with Gasteiger partial charge in [-0.05, 0) is 33.1 Å². The molecule has 21 heavy (non-hydrogen) atoms. The molecule has 1 N–H and O–H groups in total. The highest BCUT2D eigenvalue weighted by Crippen LogP contribution is 2.23. The van der Waals surface area contributed by atoms with Crippen LogP contribution in [0.4, 0.5) is 4.79 Å². The van der Waals surface area contributed by atoms with E-state index in [-0.39, 0.29) is 6.09 Å². The van der Waals surface area contributed by atoms with Crippen molar-refractivity contribution in [3.05, 3.63) is 18.2 Å². The number of amides is 1. The number of imidazole rings is 1. The molecule has 1 unspecified atom stereocenters. The van der Waals surface area contributed by atoms with Gasteiger partial charge >= 0.3 is 6.09 Å². The monoisotopic (exact) mass is 295 g/mol. The summed E-state index contributed by atoms with van der Waals surface area (Å²) in [6.07, 6.45) is 5.21. The number of ether oxygens (including phenoxy) is 1. The maximum Gasteiger partial charge on any atom is 0.407 e. The Morgan fingerprint density at radius 1 is 1.43 bits per heavy atom. The summed E-state index contributed by atoms with van der Waals surface area (Å²) in [5.74, 6) is 0.557. The fourth-order valence-electron chi connectivity index (χ4n) is 2.42. The number of nitrogens with zero attached hydrogens (tertiary/aromatic N) is 2. The summed E-state index contributed by atoms with van der Waals surface area (Å²) in [6, 6.07) is 0.448. The van der Waals surface area contributed by atoms with Gasteiger partial charge < -0.3 is 14.6 Å². The van der Waals surface area contributed by atoms with Crippen LogP contribution in [0.1, 0.15) is 59.7 Å². The summed E-state index contributed by atoms with van der Waals surface area (Å²) in [5, 5.41) is 2.79. The lowest BCUT2D eigenvalue weighted by molar-refractivity contribution is 0.0528. The molecule has 1 atom stereocenters. The quantitative estimate of drug-likeness (QED) is 0.873. The maximum atomic E-state index is 11.6. The molecule has 5 heteroatoms. The molecule has 1 amide bonds. The van der Waals surface area contributed by atoms with E-state index in [1.54, 1.807) is 0 Å². The Balaban J connectivity index is 2.54. The molecule has 0 saturated heterocycles. The van der Waals surface area contributed by atoms with Crippen molar-refractivity contribution in [2.24, 2.45) is 5.92 Å². The second kappa shape index (κ2) is 7.48. The molecule has 0 aromatic carbocycles. The molecular weight excluding hydrogens is 266 g/mol. The lowest BCUT2D eigenvalue weighted by Crippen LogP contribution is -2.33. The van der Waals surface area contributed by atoms with E-state index in [1.165, 1.54) is 0 Å². The average molecular weight is 295 g/mol. The third-order valence-electron chi connectivity index (χ3n) is 3.34. The summed E-state index contributed by atoms with van der Waals surface area (Å²) >= 11 is 0. The van der Waals surface area contributed by atoms with E-state index in [2.05, 4.69) is 35.6 Å². The van der Waals surface area contributed by atoms with Crippen molar-refractivity contribution < 1.29 is 9.53 Å². The van der Waals surface area contributed by atoms with Crippen LogP contribution in [0.25, 0.3) is 0 Å². The van der Waals surface area contributed by atoms with Gasteiger partial charge in [-0.15, -0.1) is 0 Å². The van der Waals surface area contributed by atoms with Gasteiger partial charge in [0.2, 0.25) is 0 Å². The number of nitrogens with one attached hydrogen (secondary N) is 1. The number of alkyl carbamates (subject to hydrolysis) is 1. The van der Waals surface area contributed by atoms with Gasteiger partial charge in [0.05, 0.1) is 6.33 Å². The average Bonchev–Trinajstić information content (AvgIpc) is 2.75. The molecule has 1 heterocycles. The van der Waals surface area contributed by atoms with Crippen LogP contribution in [0.5, 0.6) is 0 Å². The molecule has 0 aliphatic heterocycles. The fourth-order valence-corrected chi connectivity index (χ4v) is 2.42. The number of hydrogen-bond donors (Lipinski definition) is 1. The van der Waals surface area contributed by atoms with E-state index >= 15 is 0 Å². The number of carbonyl (C=O) groups is 1. The van der Waals surface area contributed by atoms with Crippen LogP contribution >= 0.6 is 0 Å². The van der Waals surface area contributed by atoms with Crippen LogP contribution in [-0.2, 0) is 11.2 Å². The number of hydrogen-bond acceptors (Lipinski definition) is 3. The molecule has 0 fully saturated rings. The van der Waals surface area contributed by atoms with Gasteiger partial charge in [0.15, 0.2) is 0 Å². The molecule has 0 spiro atoms. The highest BCUT2D eigenvalue weighted by Gasteiger charge is 2.17. The first-order valence-corrected chi connectivity index (χ1v) is 7.72. The lowest BCUT2D eigenvalue weighted by atomic mass is 10.0. The van der Waals surface area contributed by atoms with E-state index in [1.807, 2.05) is 33.3 Å². The van der Waals surface area contributed by atoms with Crippen LogP contribution in [0.3, 0.4) is 0 Å². The molecule has 0 radical (unpaired) electrons. The van der Waals surface area contributed by atoms with Crippen molar-refractivity contribution in [1.29, 1.82) is 0 Å². The SMILES string of the molecule is CCC(C(C)C)n1cncc1CCNC(=O)OC(C)(C)C. The van der Waals surface area contributed by atoms with Crippen molar-refractivity contribution in [3.8, 4) is 0 Å². The molecule has 0 aliphatic rings. The van der Waals surface area contributed by atoms with Crippen LogP contribution in [-0.4, -0.2) is 27.8 Å². The van der Waals surface area contributed by atoms with Gasteiger partial charge in [0, 0.05) is 30.9 Å². The first kappa shape index (κ1) is 17.5. The van der Waals surface area contributed by atoms with Gasteiger partial charge in [-0.3, -0.25) is 0 Å². The first-order valence-electron chi connectivity index (χ1n) is 7.72. The van der Waals surface area contributed by atoms with Gasteiger partial charge in [-0.1, -0.05) is 20.8 Å². The molecular formula is C16H29N3O2. The zero-order valence-electron chi connectivity index (χ0n) is 14.1. The van der Waals surface area contributed by atoms with Crippen LogP contribution in [0.2, 0.25) is 0 Å². The Kier molecular flexibility index (Phi) is 6.24. The number of carbonyl (C=O) groups excluding carboxylic acids is 1. The van der Waals surface area contributed by atoms with E-state index in [0.717, 1.165) is 18.5 Å². The second-order valence-electron chi connectivity index (χ2n) is 6.69. The van der Waals surface area contributed by atoms with Crippen molar-refractivity contribution in [1.82, 2.24) is 14.9 Å². The van der Waals surface area contributed by atoms with Crippen molar-refractivity contribution in [3.63, 3.8) is 0 Å². The summed E-state index contributed by atoms with van der Waals surface area (Å²) in [6.45, 7) is 12.7. The Bertz CT molecular complexity index is 447. The predicted molar refractivity (Wildman–Crippen MR) is 84.3 cm³/mol. The minimum atomic E-state index is -0.462. The second-order valence-corrected chi connectivity index (χ2v) is 6.69. The summed E-state index contributed by atoms with van der Waals surface area (Å²) in [7, 11) is 0. The van der Waals surface area contributed by atoms with E-state index in [0.29, 0.717) is 18.5 Å². The van der Waals surface area contributed by atoms with Crippen molar-refractivity contribution in [2.45, 2.75) is 66.0 Å². The molecule has 0 aliphatic carbocycles. The number of rotatable bonds is 6. The predicted octanol–water partition coefficient (Wildman–Crippen LogP) is 3.56. The Labute approximate surface area is 128 Å². The minimum absolute atomic E-state index is 0.371. The standard InChI is InChI=1S/C16H29N3O2/c1-7-14(12(2)3)19-11-17-10-13(19)8-9-18-15(20)21-16(4,5)6/h10-12,14H,7-9H2,1-6H3,(H,18,20). The van der Waals surface area contributed by atoms with Crippen molar-refractivity contribution in [2.75, 3.05) is 6.54 Å². The fraction of sp³-hybridized carbons (Fsp3) is 0.750. The Hall–Kier alpha value is -1.52. The summed E-state index contributed by atoms with van der Waals surface area (Å²) in [5.41, 5.74) is 0.684. The van der Waals surface area contributed by atoms with Gasteiger partial charge in [0.25, 0.3) is 0 Å². The normalized spacial score (nSPS) is 13.3. The lowest BCUT2D eigenvalue weighted by Gasteiger charge is -2.23. The first-order chi connectivity index (χ1) is 9.74. The number of aromatic nitrogens is 2. The molecule has 1 rings (SSSR count). The Morgan fingerprint density at radius 2 is 2.10 bits per heavy atom. The highest BCUT2D eigenvalue weighted by atomic mass is 16.6. The molecule has 5 nitrogen and oxygen atoms in total. The highest BCUT2D eigenvalue weighted by molar-refractivity contribution is 5.67. The van der Waals surface area contributed by atoms with Gasteiger partial charge in [-0.2, -0.15) is 0 Å². The van der Waals surface area contributed by atoms with Crippen LogP contribution in [0, 0.1) is 5.92 Å². The smallest absolute Gasteiger partial charge is 0.407 e. The zero-order valence-corrected chi connectivity index (χ0v) is 14.1. The van der Waals surface area contributed by atoms with E-state index < -0.39 is 5.60 Å². The maximum absolute atomic E-state index is 11.6. The molecule has 1 aromatic rings. The van der Waals surface area contributed by atoms with Crippen molar-refractivity contribution >= 4 is 6.09 Å². The van der Waals surface area contributed by atoms with Gasteiger partial charge in [0.1, 0.15) is 5.60 Å². The Morgan fingerprint density at radius 3 is 2.62 bits per heavy atom. The molecule has 0 bridgehead atoms. The molecule has 0 saturated carbocycles. The van der Waals surface area contributed by atoms with Gasteiger partial charge in [-0.25, -0.2) is 9.78 Å². The topological polar surface area (TPSA) is 56.2 Å². The largest absolute Gasteiger partial charge is 0.444 e. The molecule has 120 valence electrons. The van der Waals surface area contributed by atoms with E-state index in [9.17, 15) is 4.79 Å². The van der Waals surface area contributed by atoms with Crippen LogP contribution in [0.15, 0.2) is 12.5 Å². The zero-order chi connectivity index (χ0) is 16.0. The summed E-state index contributed by atoms with van der Waals surface area (Å²) in [4.78, 5) is 15.9. The molecule has 1 aromatic heterocycles. The van der Waals surface area contributed by atoms with E-state index in [4.69, 9.17) is 4.74 Å². The summed E-state index contributed by atoms with van der Waals surface area (Å²) < 4.78 is 7.45.